The maximum absolute atomic E-state index is 3.48. The van der Waals surface area contributed by atoms with Crippen molar-refractivity contribution in [3.05, 3.63) is 56.3 Å². The molecule has 0 saturated carbocycles. The van der Waals surface area contributed by atoms with Gasteiger partial charge in [-0.05, 0) is 63.1 Å². The second-order valence-electron chi connectivity index (χ2n) is 5.19. The predicted octanol–water partition coefficient (Wildman–Crippen LogP) is 4.54. The van der Waals surface area contributed by atoms with Crippen molar-refractivity contribution in [2.24, 2.45) is 0 Å². The van der Waals surface area contributed by atoms with Gasteiger partial charge in [0.25, 0.3) is 0 Å². The van der Waals surface area contributed by atoms with E-state index in [1.807, 2.05) is 11.3 Å². The summed E-state index contributed by atoms with van der Waals surface area (Å²) in [4.78, 5) is 2.87. The molecule has 0 spiro atoms. The molecular weight excluding hydrogens is 250 g/mol. The molecule has 0 aliphatic rings. The molecule has 0 bridgehead atoms. The molecule has 1 atom stereocenters. The average Bonchev–Trinajstić information content (AvgIpc) is 2.81. The monoisotopic (exact) mass is 273 g/mol. The molecule has 102 valence electrons. The highest BCUT2D eigenvalue weighted by Crippen LogP contribution is 2.32. The Hall–Kier alpha value is -1.12. The lowest BCUT2D eigenvalue weighted by Gasteiger charge is -2.21. The molecule has 0 amide bonds. The van der Waals surface area contributed by atoms with Crippen molar-refractivity contribution in [3.8, 4) is 0 Å². The average molecular weight is 273 g/mol. The summed E-state index contributed by atoms with van der Waals surface area (Å²) < 4.78 is 0. The first-order chi connectivity index (χ1) is 9.06. The topological polar surface area (TPSA) is 12.0 Å². The Bertz CT molecular complexity index is 545. The second-order valence-corrected chi connectivity index (χ2v) is 6.39. The fourth-order valence-electron chi connectivity index (χ4n) is 2.82. The van der Waals surface area contributed by atoms with Gasteiger partial charge in [0.15, 0.2) is 0 Å². The minimum Gasteiger partial charge on any atom is -0.309 e. The molecule has 2 rings (SSSR count). The van der Waals surface area contributed by atoms with Crippen LogP contribution in [0, 0.1) is 20.8 Å². The van der Waals surface area contributed by atoms with E-state index in [4.69, 9.17) is 0 Å². The van der Waals surface area contributed by atoms with Gasteiger partial charge in [0.2, 0.25) is 0 Å². The first kappa shape index (κ1) is 14.3. The molecule has 0 aliphatic carbocycles. The van der Waals surface area contributed by atoms with Crippen LogP contribution in [0.15, 0.2) is 24.3 Å². The highest BCUT2D eigenvalue weighted by atomic mass is 32.1. The zero-order chi connectivity index (χ0) is 14.0. The number of nitrogens with one attached hydrogen (secondary N) is 1. The summed E-state index contributed by atoms with van der Waals surface area (Å²) in [7, 11) is 2.05. The van der Waals surface area contributed by atoms with Crippen molar-refractivity contribution in [1.29, 1.82) is 0 Å². The molecule has 2 heteroatoms. The molecule has 1 nitrogen and oxygen atoms in total. The van der Waals surface area contributed by atoms with E-state index < -0.39 is 0 Å². The van der Waals surface area contributed by atoms with E-state index in [0.29, 0.717) is 6.04 Å². The molecule has 1 heterocycles. The Morgan fingerprint density at radius 3 is 2.21 bits per heavy atom. The van der Waals surface area contributed by atoms with Gasteiger partial charge in [-0.3, -0.25) is 0 Å². The Morgan fingerprint density at radius 1 is 1.11 bits per heavy atom. The summed E-state index contributed by atoms with van der Waals surface area (Å²) in [6, 6.07) is 9.39. The van der Waals surface area contributed by atoms with Gasteiger partial charge in [-0.15, -0.1) is 11.3 Å². The van der Waals surface area contributed by atoms with E-state index in [0.717, 1.165) is 6.42 Å². The molecule has 2 aromatic rings. The predicted molar refractivity (Wildman–Crippen MR) is 85.3 cm³/mol. The van der Waals surface area contributed by atoms with Gasteiger partial charge in [0.1, 0.15) is 0 Å². The van der Waals surface area contributed by atoms with E-state index >= 15 is 0 Å². The molecule has 0 aliphatic heterocycles. The van der Waals surface area contributed by atoms with Crippen molar-refractivity contribution in [2.45, 2.75) is 40.2 Å². The first-order valence-corrected chi connectivity index (χ1v) is 7.72. The van der Waals surface area contributed by atoms with Crippen LogP contribution in [-0.2, 0) is 6.42 Å². The highest BCUT2D eigenvalue weighted by molar-refractivity contribution is 7.12. The number of aryl methyl sites for hydroxylation is 4. The van der Waals surface area contributed by atoms with E-state index in [2.05, 4.69) is 64.3 Å². The molecular formula is C17H23NS. The normalized spacial score (nSPS) is 12.7. The fourth-order valence-corrected chi connectivity index (χ4v) is 3.89. The largest absolute Gasteiger partial charge is 0.309 e. The van der Waals surface area contributed by atoms with E-state index in [-0.39, 0.29) is 0 Å². The number of benzene rings is 1. The Morgan fingerprint density at radius 2 is 1.74 bits per heavy atom. The number of hydrogen-bond donors (Lipinski definition) is 1. The van der Waals surface area contributed by atoms with Gasteiger partial charge in [-0.1, -0.05) is 24.6 Å². The van der Waals surface area contributed by atoms with Gasteiger partial charge in [-0.2, -0.15) is 0 Å². The van der Waals surface area contributed by atoms with Crippen molar-refractivity contribution in [2.75, 3.05) is 7.05 Å². The van der Waals surface area contributed by atoms with Crippen LogP contribution in [-0.4, -0.2) is 7.05 Å². The van der Waals surface area contributed by atoms with Gasteiger partial charge in [0, 0.05) is 9.75 Å². The Labute approximate surface area is 120 Å². The Balaban J connectivity index is 2.47. The van der Waals surface area contributed by atoms with Gasteiger partial charge in [0.05, 0.1) is 6.04 Å². The molecule has 1 aromatic heterocycles. The third-order valence-corrected chi connectivity index (χ3v) is 4.93. The maximum atomic E-state index is 3.48. The van der Waals surface area contributed by atoms with Crippen LogP contribution in [0.5, 0.6) is 0 Å². The summed E-state index contributed by atoms with van der Waals surface area (Å²) in [5.74, 6) is 0. The van der Waals surface area contributed by atoms with Crippen LogP contribution in [0.4, 0.5) is 0 Å². The van der Waals surface area contributed by atoms with Crippen LogP contribution in [0.3, 0.4) is 0 Å². The molecule has 19 heavy (non-hydrogen) atoms. The SMILES string of the molecule is CCc1ccc(C(NC)c2c(C)cc(C)cc2C)s1. The standard InChI is InChI=1S/C17H23NS/c1-6-14-7-8-15(19-14)17(18-5)16-12(3)9-11(2)10-13(16)4/h7-10,17-18H,6H2,1-5H3. The molecule has 1 N–H and O–H groups in total. The highest BCUT2D eigenvalue weighted by Gasteiger charge is 2.18. The van der Waals surface area contributed by atoms with Crippen LogP contribution in [0.1, 0.15) is 45.0 Å². The quantitative estimate of drug-likeness (QED) is 0.862. The van der Waals surface area contributed by atoms with E-state index in [9.17, 15) is 0 Å². The third kappa shape index (κ3) is 2.90. The molecule has 0 saturated heterocycles. The zero-order valence-electron chi connectivity index (χ0n) is 12.5. The lowest BCUT2D eigenvalue weighted by molar-refractivity contribution is 0.694. The van der Waals surface area contributed by atoms with Crippen LogP contribution >= 0.6 is 11.3 Å². The second kappa shape index (κ2) is 5.89. The van der Waals surface area contributed by atoms with E-state index in [1.165, 1.54) is 32.0 Å². The van der Waals surface area contributed by atoms with Crippen molar-refractivity contribution >= 4 is 11.3 Å². The van der Waals surface area contributed by atoms with Gasteiger partial charge < -0.3 is 5.32 Å². The van der Waals surface area contributed by atoms with Crippen LogP contribution in [0.2, 0.25) is 0 Å². The minimum atomic E-state index is 0.311. The lowest BCUT2D eigenvalue weighted by Crippen LogP contribution is -2.19. The number of rotatable bonds is 4. The minimum absolute atomic E-state index is 0.311. The van der Waals surface area contributed by atoms with Crippen LogP contribution in [0.25, 0.3) is 0 Å². The first-order valence-electron chi connectivity index (χ1n) is 6.90. The molecule has 1 unspecified atom stereocenters. The summed E-state index contributed by atoms with van der Waals surface area (Å²) >= 11 is 1.92. The summed E-state index contributed by atoms with van der Waals surface area (Å²) in [5.41, 5.74) is 5.53. The lowest BCUT2D eigenvalue weighted by atomic mass is 9.93. The zero-order valence-corrected chi connectivity index (χ0v) is 13.3. The molecule has 0 radical (unpaired) electrons. The summed E-state index contributed by atoms with van der Waals surface area (Å²) in [6.07, 6.45) is 1.12. The van der Waals surface area contributed by atoms with Gasteiger partial charge in [-0.25, -0.2) is 0 Å². The summed E-state index contributed by atoms with van der Waals surface area (Å²) in [6.45, 7) is 8.81. The van der Waals surface area contributed by atoms with Crippen molar-refractivity contribution in [1.82, 2.24) is 5.32 Å². The van der Waals surface area contributed by atoms with E-state index in [1.54, 1.807) is 0 Å². The molecule has 0 fully saturated rings. The summed E-state index contributed by atoms with van der Waals surface area (Å²) in [5, 5.41) is 3.48. The smallest absolute Gasteiger partial charge is 0.0673 e. The van der Waals surface area contributed by atoms with Crippen molar-refractivity contribution in [3.63, 3.8) is 0 Å². The Kier molecular flexibility index (Phi) is 4.43. The number of hydrogen-bond acceptors (Lipinski definition) is 2. The maximum Gasteiger partial charge on any atom is 0.0673 e. The molecule has 1 aromatic carbocycles. The van der Waals surface area contributed by atoms with Gasteiger partial charge >= 0.3 is 0 Å². The third-order valence-electron chi connectivity index (χ3n) is 3.63. The number of thiophene rings is 1. The van der Waals surface area contributed by atoms with Crippen LogP contribution < -0.4 is 5.32 Å². The fraction of sp³-hybridized carbons (Fsp3) is 0.412. The van der Waals surface area contributed by atoms with Crippen molar-refractivity contribution < 1.29 is 0 Å².